The number of hydrogen-bond donors (Lipinski definition) is 1. The number of ether oxygens (including phenoxy) is 2. The van der Waals surface area contributed by atoms with Crippen LogP contribution in [0.15, 0.2) is 0 Å². The monoisotopic (exact) mass is 239 g/mol. The molecule has 0 aromatic rings. The summed E-state index contributed by atoms with van der Waals surface area (Å²) in [6.45, 7) is 2.54. The van der Waals surface area contributed by atoms with Gasteiger partial charge in [0.25, 0.3) is 0 Å². The highest BCUT2D eigenvalue weighted by Gasteiger charge is 2.46. The molecule has 1 spiro atoms. The third-order valence-electron chi connectivity index (χ3n) is 5.16. The lowest BCUT2D eigenvalue weighted by Gasteiger charge is -2.47. The Hall–Kier alpha value is -0.120. The van der Waals surface area contributed by atoms with Gasteiger partial charge in [-0.25, -0.2) is 0 Å². The van der Waals surface area contributed by atoms with Crippen LogP contribution in [0.25, 0.3) is 0 Å². The molecule has 1 saturated carbocycles. The van der Waals surface area contributed by atoms with Crippen molar-refractivity contribution in [3.63, 3.8) is 0 Å². The summed E-state index contributed by atoms with van der Waals surface area (Å²) < 4.78 is 11.6. The summed E-state index contributed by atoms with van der Waals surface area (Å²) in [5.74, 6) is 0.651. The molecule has 2 N–H and O–H groups in total. The molecular weight excluding hydrogens is 214 g/mol. The lowest BCUT2D eigenvalue weighted by Crippen LogP contribution is -2.54. The summed E-state index contributed by atoms with van der Waals surface area (Å²) in [7, 11) is 0. The molecule has 3 aliphatic rings. The van der Waals surface area contributed by atoms with Gasteiger partial charge in [-0.05, 0) is 31.6 Å². The maximum atomic E-state index is 6.69. The number of nitrogens with two attached hydrogens (primary N) is 1. The minimum absolute atomic E-state index is 0.0206. The smallest absolute Gasteiger partial charge is 0.0940 e. The van der Waals surface area contributed by atoms with Crippen LogP contribution in [0.5, 0.6) is 0 Å². The van der Waals surface area contributed by atoms with Gasteiger partial charge in [-0.2, -0.15) is 0 Å². The topological polar surface area (TPSA) is 44.5 Å². The standard InChI is InChI=1S/C14H25NO2/c15-14(5-2-1-3-6-14)12-4-8-17-13(10-12)7-9-16-11-13/h12H,1-11,15H2. The van der Waals surface area contributed by atoms with E-state index in [4.69, 9.17) is 15.2 Å². The maximum Gasteiger partial charge on any atom is 0.0940 e. The van der Waals surface area contributed by atoms with Crippen LogP contribution >= 0.6 is 0 Å². The van der Waals surface area contributed by atoms with Gasteiger partial charge < -0.3 is 15.2 Å². The molecule has 1 aliphatic carbocycles. The molecule has 0 bridgehead atoms. The van der Waals surface area contributed by atoms with Crippen molar-refractivity contribution in [2.24, 2.45) is 11.7 Å². The van der Waals surface area contributed by atoms with E-state index in [-0.39, 0.29) is 11.1 Å². The molecule has 3 rings (SSSR count). The molecule has 2 aliphatic heterocycles. The Morgan fingerprint density at radius 2 is 1.82 bits per heavy atom. The fourth-order valence-corrected chi connectivity index (χ4v) is 4.00. The van der Waals surface area contributed by atoms with Crippen molar-refractivity contribution in [3.8, 4) is 0 Å². The van der Waals surface area contributed by atoms with Crippen LogP contribution in [0.1, 0.15) is 51.4 Å². The van der Waals surface area contributed by atoms with Gasteiger partial charge in [-0.15, -0.1) is 0 Å². The fraction of sp³-hybridized carbons (Fsp3) is 1.00. The summed E-state index contributed by atoms with van der Waals surface area (Å²) in [5, 5.41) is 0. The van der Waals surface area contributed by atoms with Crippen LogP contribution in [0.3, 0.4) is 0 Å². The van der Waals surface area contributed by atoms with E-state index in [0.717, 1.165) is 39.1 Å². The molecule has 3 heteroatoms. The zero-order valence-electron chi connectivity index (χ0n) is 10.7. The van der Waals surface area contributed by atoms with Crippen molar-refractivity contribution in [2.75, 3.05) is 19.8 Å². The normalized spacial score (nSPS) is 41.8. The SMILES string of the molecule is NC1(C2CCOC3(CCOC3)C2)CCCCC1. The van der Waals surface area contributed by atoms with Gasteiger partial charge in [-0.1, -0.05) is 19.3 Å². The van der Waals surface area contributed by atoms with Crippen molar-refractivity contribution in [2.45, 2.75) is 62.5 Å². The molecule has 0 amide bonds. The minimum atomic E-state index is 0.0206. The molecule has 0 aromatic carbocycles. The van der Waals surface area contributed by atoms with Gasteiger partial charge >= 0.3 is 0 Å². The van der Waals surface area contributed by atoms with E-state index in [1.165, 1.54) is 32.1 Å². The van der Waals surface area contributed by atoms with Gasteiger partial charge in [0.2, 0.25) is 0 Å². The van der Waals surface area contributed by atoms with Crippen molar-refractivity contribution in [1.82, 2.24) is 0 Å². The van der Waals surface area contributed by atoms with E-state index in [1.54, 1.807) is 0 Å². The van der Waals surface area contributed by atoms with E-state index in [0.29, 0.717) is 5.92 Å². The third-order valence-corrected chi connectivity index (χ3v) is 5.16. The Balaban J connectivity index is 1.70. The summed E-state index contributed by atoms with van der Waals surface area (Å²) in [5.41, 5.74) is 6.80. The van der Waals surface area contributed by atoms with E-state index in [1.807, 2.05) is 0 Å². The number of rotatable bonds is 1. The highest BCUT2D eigenvalue weighted by atomic mass is 16.6. The van der Waals surface area contributed by atoms with E-state index >= 15 is 0 Å². The molecule has 2 saturated heterocycles. The molecule has 98 valence electrons. The van der Waals surface area contributed by atoms with Crippen LogP contribution in [-0.4, -0.2) is 31.0 Å². The van der Waals surface area contributed by atoms with Crippen molar-refractivity contribution < 1.29 is 9.47 Å². The third kappa shape index (κ3) is 2.25. The minimum Gasteiger partial charge on any atom is -0.378 e. The molecule has 2 atom stereocenters. The summed E-state index contributed by atoms with van der Waals surface area (Å²) >= 11 is 0. The molecule has 0 radical (unpaired) electrons. The van der Waals surface area contributed by atoms with Crippen molar-refractivity contribution >= 4 is 0 Å². The quantitative estimate of drug-likeness (QED) is 0.763. The van der Waals surface area contributed by atoms with Crippen LogP contribution in [0.2, 0.25) is 0 Å². The Morgan fingerprint density at radius 1 is 1.00 bits per heavy atom. The fourth-order valence-electron chi connectivity index (χ4n) is 4.00. The van der Waals surface area contributed by atoms with Crippen LogP contribution < -0.4 is 5.73 Å². The second kappa shape index (κ2) is 4.52. The largest absolute Gasteiger partial charge is 0.378 e. The maximum absolute atomic E-state index is 6.69. The number of hydrogen-bond acceptors (Lipinski definition) is 3. The van der Waals surface area contributed by atoms with Crippen LogP contribution in [-0.2, 0) is 9.47 Å². The highest BCUT2D eigenvalue weighted by molar-refractivity contribution is 5.00. The lowest BCUT2D eigenvalue weighted by atomic mass is 9.67. The average molecular weight is 239 g/mol. The van der Waals surface area contributed by atoms with Crippen LogP contribution in [0, 0.1) is 5.92 Å². The summed E-state index contributed by atoms with van der Waals surface area (Å²) in [4.78, 5) is 0. The molecule has 3 fully saturated rings. The highest BCUT2D eigenvalue weighted by Crippen LogP contribution is 2.43. The predicted octanol–water partition coefficient (Wildman–Crippen LogP) is 2.23. The first-order valence-corrected chi connectivity index (χ1v) is 7.23. The molecular formula is C14H25NO2. The van der Waals surface area contributed by atoms with E-state index < -0.39 is 0 Å². The van der Waals surface area contributed by atoms with Gasteiger partial charge in [0.05, 0.1) is 12.2 Å². The zero-order chi connectivity index (χ0) is 11.8. The Labute approximate surface area is 104 Å². The summed E-state index contributed by atoms with van der Waals surface area (Å²) in [6.07, 6.45) is 9.79. The molecule has 17 heavy (non-hydrogen) atoms. The first kappa shape index (κ1) is 11.9. The first-order valence-electron chi connectivity index (χ1n) is 7.23. The Morgan fingerprint density at radius 3 is 2.53 bits per heavy atom. The van der Waals surface area contributed by atoms with Crippen molar-refractivity contribution in [1.29, 1.82) is 0 Å². The summed E-state index contributed by atoms with van der Waals surface area (Å²) in [6, 6.07) is 0. The first-order chi connectivity index (χ1) is 8.23. The zero-order valence-corrected chi connectivity index (χ0v) is 10.7. The molecule has 0 aromatic heterocycles. The lowest BCUT2D eigenvalue weighted by molar-refractivity contribution is -0.112. The van der Waals surface area contributed by atoms with E-state index in [2.05, 4.69) is 0 Å². The second-order valence-electron chi connectivity index (χ2n) is 6.32. The predicted molar refractivity (Wildman–Crippen MR) is 66.8 cm³/mol. The molecule has 2 heterocycles. The molecule has 2 unspecified atom stereocenters. The second-order valence-corrected chi connectivity index (χ2v) is 6.32. The van der Waals surface area contributed by atoms with Crippen molar-refractivity contribution in [3.05, 3.63) is 0 Å². The van der Waals surface area contributed by atoms with Gasteiger partial charge in [0, 0.05) is 25.2 Å². The van der Waals surface area contributed by atoms with E-state index in [9.17, 15) is 0 Å². The van der Waals surface area contributed by atoms with Crippen LogP contribution in [0.4, 0.5) is 0 Å². The van der Waals surface area contributed by atoms with Gasteiger partial charge in [-0.3, -0.25) is 0 Å². The Kier molecular flexibility index (Phi) is 3.18. The van der Waals surface area contributed by atoms with Gasteiger partial charge in [0.1, 0.15) is 0 Å². The molecule has 3 nitrogen and oxygen atoms in total. The average Bonchev–Trinajstić information content (AvgIpc) is 2.78. The Bertz CT molecular complexity index is 267. The van der Waals surface area contributed by atoms with Gasteiger partial charge in [0.15, 0.2) is 0 Å².